The van der Waals surface area contributed by atoms with Gasteiger partial charge in [-0.1, -0.05) is 6.92 Å². The Bertz CT molecular complexity index is 595. The Morgan fingerprint density at radius 2 is 1.95 bits per heavy atom. The topological polar surface area (TPSA) is 84.5 Å². The van der Waals surface area contributed by atoms with Crippen molar-refractivity contribution in [2.75, 3.05) is 12.4 Å². The van der Waals surface area contributed by atoms with Crippen LogP contribution in [0.5, 0.6) is 0 Å². The van der Waals surface area contributed by atoms with E-state index in [9.17, 15) is 14.4 Å². The molecule has 2 N–H and O–H groups in total. The lowest BCUT2D eigenvalue weighted by atomic mass is 9.95. The van der Waals surface area contributed by atoms with Crippen molar-refractivity contribution in [2.24, 2.45) is 0 Å². The van der Waals surface area contributed by atoms with Crippen LogP contribution in [0.4, 0.5) is 9.80 Å². The Morgan fingerprint density at radius 1 is 1.23 bits per heavy atom. The second kappa shape index (κ2) is 7.40. The second-order valence-corrected chi connectivity index (χ2v) is 6.26. The van der Waals surface area contributed by atoms with Crippen LogP contribution in [0.15, 0.2) is 0 Å². The minimum Gasteiger partial charge on any atom is -0.453 e. The van der Waals surface area contributed by atoms with Crippen molar-refractivity contribution in [1.29, 1.82) is 0 Å². The van der Waals surface area contributed by atoms with Gasteiger partial charge in [-0.05, 0) is 37.7 Å². The van der Waals surface area contributed by atoms with E-state index in [1.807, 2.05) is 6.92 Å². The van der Waals surface area contributed by atoms with Gasteiger partial charge in [0.1, 0.15) is 5.00 Å². The molecule has 6 nitrogen and oxygen atoms in total. The highest BCUT2D eigenvalue weighted by Crippen LogP contribution is 2.38. The summed E-state index contributed by atoms with van der Waals surface area (Å²) in [4.78, 5) is 36.6. The maximum atomic E-state index is 12.4. The van der Waals surface area contributed by atoms with Crippen molar-refractivity contribution in [2.45, 2.75) is 45.4 Å². The number of aryl methyl sites for hydroxylation is 1. The molecule has 3 amide bonds. The zero-order chi connectivity index (χ0) is 16.1. The molecule has 0 aromatic carbocycles. The van der Waals surface area contributed by atoms with E-state index >= 15 is 0 Å². The number of methoxy groups -OCH3 is 1. The highest BCUT2D eigenvalue weighted by atomic mass is 32.1. The highest BCUT2D eigenvalue weighted by molar-refractivity contribution is 7.17. The first kappa shape index (κ1) is 16.5. The Morgan fingerprint density at radius 3 is 2.64 bits per heavy atom. The number of nitrogens with one attached hydrogen (secondary N) is 2. The van der Waals surface area contributed by atoms with E-state index in [1.165, 1.54) is 18.4 Å². The van der Waals surface area contributed by atoms with Crippen molar-refractivity contribution in [3.05, 3.63) is 16.0 Å². The summed E-state index contributed by atoms with van der Waals surface area (Å²) in [7, 11) is 1.20. The molecule has 0 spiro atoms. The zero-order valence-corrected chi connectivity index (χ0v) is 13.6. The summed E-state index contributed by atoms with van der Waals surface area (Å²) in [5.74, 6) is -0.633. The summed E-state index contributed by atoms with van der Waals surface area (Å²) in [6.07, 6.45) is 4.12. The molecular formula is C15H20N2O4S. The van der Waals surface area contributed by atoms with E-state index in [4.69, 9.17) is 0 Å². The summed E-state index contributed by atoms with van der Waals surface area (Å²) in [6, 6.07) is 0. The van der Waals surface area contributed by atoms with Gasteiger partial charge in [0, 0.05) is 11.3 Å². The molecule has 0 radical (unpaired) electrons. The highest BCUT2D eigenvalue weighted by Gasteiger charge is 2.27. The summed E-state index contributed by atoms with van der Waals surface area (Å²) in [6.45, 7) is 1.92. The second-order valence-electron chi connectivity index (χ2n) is 5.16. The summed E-state index contributed by atoms with van der Waals surface area (Å²) < 4.78 is 4.47. The van der Waals surface area contributed by atoms with Crippen LogP contribution >= 0.6 is 11.3 Å². The first-order valence-electron chi connectivity index (χ1n) is 7.40. The number of fused-ring (bicyclic) bond motifs is 1. The van der Waals surface area contributed by atoms with Crippen LogP contribution in [0.3, 0.4) is 0 Å². The number of anilines is 1. The van der Waals surface area contributed by atoms with Gasteiger partial charge in [0.05, 0.1) is 12.7 Å². The van der Waals surface area contributed by atoms with E-state index in [2.05, 4.69) is 15.4 Å². The number of amides is 3. The van der Waals surface area contributed by atoms with E-state index in [0.717, 1.165) is 42.5 Å². The standard InChI is InChI=1S/C15H20N2O4S/c1-3-6-11(18)16-14-12(13(19)17-15(20)21-2)9-7-4-5-8-10(9)22-14/h3-8H2,1-2H3,(H,16,18)(H,17,19,20). The van der Waals surface area contributed by atoms with Crippen LogP contribution in [-0.4, -0.2) is 25.0 Å². The van der Waals surface area contributed by atoms with Crippen LogP contribution in [0, 0.1) is 0 Å². The van der Waals surface area contributed by atoms with Gasteiger partial charge in [0.25, 0.3) is 5.91 Å². The van der Waals surface area contributed by atoms with E-state index in [-0.39, 0.29) is 5.91 Å². The minimum atomic E-state index is -0.799. The van der Waals surface area contributed by atoms with E-state index in [1.54, 1.807) is 0 Å². The average Bonchev–Trinajstić information content (AvgIpc) is 2.84. The van der Waals surface area contributed by atoms with Gasteiger partial charge < -0.3 is 10.1 Å². The van der Waals surface area contributed by atoms with Crippen molar-refractivity contribution in [3.8, 4) is 0 Å². The van der Waals surface area contributed by atoms with Gasteiger partial charge in [0.15, 0.2) is 0 Å². The van der Waals surface area contributed by atoms with Crippen molar-refractivity contribution in [1.82, 2.24) is 5.32 Å². The van der Waals surface area contributed by atoms with Crippen LogP contribution in [-0.2, 0) is 22.4 Å². The van der Waals surface area contributed by atoms with Gasteiger partial charge in [0.2, 0.25) is 5.91 Å². The van der Waals surface area contributed by atoms with Crippen LogP contribution in [0.1, 0.15) is 53.4 Å². The number of carbonyl (C=O) groups is 3. The van der Waals surface area contributed by atoms with Crippen molar-refractivity contribution in [3.63, 3.8) is 0 Å². The molecule has 1 aliphatic rings. The lowest BCUT2D eigenvalue weighted by molar-refractivity contribution is -0.116. The molecule has 0 unspecified atom stereocenters. The van der Waals surface area contributed by atoms with Crippen LogP contribution in [0.2, 0.25) is 0 Å². The monoisotopic (exact) mass is 324 g/mol. The third-order valence-corrected chi connectivity index (χ3v) is 4.74. The predicted octanol–water partition coefficient (Wildman–Crippen LogP) is 2.86. The zero-order valence-electron chi connectivity index (χ0n) is 12.8. The average molecular weight is 324 g/mol. The van der Waals surface area contributed by atoms with E-state index < -0.39 is 12.0 Å². The first-order valence-corrected chi connectivity index (χ1v) is 8.22. The fraction of sp³-hybridized carbons (Fsp3) is 0.533. The number of hydrogen-bond acceptors (Lipinski definition) is 5. The molecule has 1 aliphatic carbocycles. The Kier molecular flexibility index (Phi) is 5.54. The molecule has 0 atom stereocenters. The fourth-order valence-corrected chi connectivity index (χ4v) is 3.82. The Labute approximate surface area is 133 Å². The molecular weight excluding hydrogens is 304 g/mol. The molecule has 1 heterocycles. The molecule has 1 aromatic heterocycles. The molecule has 120 valence electrons. The summed E-state index contributed by atoms with van der Waals surface area (Å²) in [5.41, 5.74) is 1.36. The van der Waals surface area contributed by atoms with Gasteiger partial charge in [-0.15, -0.1) is 11.3 Å². The third-order valence-electron chi connectivity index (χ3n) is 3.53. The third kappa shape index (κ3) is 3.65. The van der Waals surface area contributed by atoms with Crippen LogP contribution < -0.4 is 10.6 Å². The lowest BCUT2D eigenvalue weighted by Gasteiger charge is -2.12. The smallest absolute Gasteiger partial charge is 0.413 e. The molecule has 7 heteroatoms. The molecule has 0 fully saturated rings. The molecule has 0 bridgehead atoms. The number of alkyl carbamates (subject to hydrolysis) is 1. The predicted molar refractivity (Wildman–Crippen MR) is 84.4 cm³/mol. The number of hydrogen-bond donors (Lipinski definition) is 2. The van der Waals surface area contributed by atoms with Gasteiger partial charge in [-0.2, -0.15) is 0 Å². The SMILES string of the molecule is CCCC(=O)Nc1sc2c(c1C(=O)NC(=O)OC)CCCC2. The first-order chi connectivity index (χ1) is 10.6. The largest absolute Gasteiger partial charge is 0.453 e. The van der Waals surface area contributed by atoms with Gasteiger partial charge in [-0.3, -0.25) is 14.9 Å². The molecule has 0 saturated heterocycles. The quantitative estimate of drug-likeness (QED) is 0.892. The summed E-state index contributed by atoms with van der Waals surface area (Å²) in [5, 5.41) is 5.52. The van der Waals surface area contributed by atoms with Crippen molar-refractivity contribution < 1.29 is 19.1 Å². The number of carbonyl (C=O) groups excluding carboxylic acids is 3. The normalized spacial score (nSPS) is 13.2. The van der Waals surface area contributed by atoms with Crippen molar-refractivity contribution >= 4 is 34.2 Å². The van der Waals surface area contributed by atoms with Crippen LogP contribution in [0.25, 0.3) is 0 Å². The molecule has 2 rings (SSSR count). The number of thiophene rings is 1. The van der Waals surface area contributed by atoms with Gasteiger partial charge in [-0.25, -0.2) is 4.79 Å². The Balaban J connectivity index is 2.31. The number of ether oxygens (including phenoxy) is 1. The molecule has 1 aromatic rings. The fourth-order valence-electron chi connectivity index (χ4n) is 2.52. The number of rotatable bonds is 4. The maximum Gasteiger partial charge on any atom is 0.413 e. The lowest BCUT2D eigenvalue weighted by Crippen LogP contribution is -2.31. The summed E-state index contributed by atoms with van der Waals surface area (Å²) >= 11 is 1.43. The van der Waals surface area contributed by atoms with Gasteiger partial charge >= 0.3 is 6.09 Å². The minimum absolute atomic E-state index is 0.117. The molecule has 0 saturated carbocycles. The maximum absolute atomic E-state index is 12.4. The number of imide groups is 1. The molecule has 22 heavy (non-hydrogen) atoms. The molecule has 0 aliphatic heterocycles. The Hall–Kier alpha value is -1.89. The van der Waals surface area contributed by atoms with E-state index in [0.29, 0.717) is 17.0 Å².